The number of thiophene rings is 1. The Balaban J connectivity index is 1.82. The third-order valence-corrected chi connectivity index (χ3v) is 10.0. The van der Waals surface area contributed by atoms with Gasteiger partial charge in [-0.3, -0.25) is 4.79 Å². The fourth-order valence-electron chi connectivity index (χ4n) is 5.39. The molecule has 1 aliphatic carbocycles. The number of carbonyl (C=O) groups is 2. The second-order valence-electron chi connectivity index (χ2n) is 11.3. The molecule has 2 fully saturated rings. The van der Waals surface area contributed by atoms with Gasteiger partial charge in [-0.2, -0.15) is 4.31 Å². The predicted molar refractivity (Wildman–Crippen MR) is 145 cm³/mol. The van der Waals surface area contributed by atoms with Gasteiger partial charge in [0.15, 0.2) is 0 Å². The van der Waals surface area contributed by atoms with Gasteiger partial charge in [0.25, 0.3) is 0 Å². The summed E-state index contributed by atoms with van der Waals surface area (Å²) in [5.41, 5.74) is -1.05. The lowest BCUT2D eigenvalue weighted by atomic mass is 9.73. The van der Waals surface area contributed by atoms with E-state index in [0.29, 0.717) is 4.88 Å². The zero-order valence-electron chi connectivity index (χ0n) is 22.1. The van der Waals surface area contributed by atoms with Crippen molar-refractivity contribution in [3.05, 3.63) is 45.9 Å². The quantitative estimate of drug-likeness (QED) is 0.497. The van der Waals surface area contributed by atoms with Crippen molar-refractivity contribution < 1.29 is 27.5 Å². The molecule has 10 heteroatoms. The normalized spacial score (nSPS) is 21.7. The second-order valence-corrected chi connectivity index (χ2v) is 14.3. The van der Waals surface area contributed by atoms with Crippen molar-refractivity contribution in [1.29, 1.82) is 0 Å². The van der Waals surface area contributed by atoms with E-state index in [1.54, 1.807) is 6.07 Å². The monoisotopic (exact) mass is 560 g/mol. The Kier molecular flexibility index (Phi) is 7.77. The number of hydrogen-bond acceptors (Lipinski definition) is 5. The number of anilines is 1. The number of piperazine rings is 1. The number of amides is 1. The first kappa shape index (κ1) is 28.3. The van der Waals surface area contributed by atoms with Crippen LogP contribution in [-0.2, 0) is 14.8 Å². The number of sulfonamides is 1. The molecule has 1 unspecified atom stereocenters. The van der Waals surface area contributed by atoms with Crippen molar-refractivity contribution >= 4 is 38.9 Å². The van der Waals surface area contributed by atoms with E-state index >= 15 is 0 Å². The van der Waals surface area contributed by atoms with Crippen LogP contribution in [0.25, 0.3) is 0 Å². The molecule has 0 bridgehead atoms. The summed E-state index contributed by atoms with van der Waals surface area (Å²) in [6.07, 6.45) is 4.51. The van der Waals surface area contributed by atoms with Crippen LogP contribution >= 0.6 is 11.3 Å². The first-order valence-electron chi connectivity index (χ1n) is 12.7. The summed E-state index contributed by atoms with van der Waals surface area (Å²) in [6.45, 7) is 7.20. The molecule has 7 nitrogen and oxygen atoms in total. The Morgan fingerprint density at radius 3 is 2.47 bits per heavy atom. The van der Waals surface area contributed by atoms with Gasteiger partial charge in [-0.05, 0) is 70.7 Å². The maximum absolute atomic E-state index is 13.9. The highest BCUT2D eigenvalue weighted by Gasteiger charge is 2.51. The molecule has 0 spiro atoms. The van der Waals surface area contributed by atoms with Gasteiger partial charge in [-0.15, -0.1) is 11.3 Å². The van der Waals surface area contributed by atoms with Crippen molar-refractivity contribution in [2.75, 3.05) is 18.0 Å². The number of halogens is 1. The molecule has 4 rings (SSSR count). The first-order valence-corrected chi connectivity index (χ1v) is 15.0. The lowest BCUT2D eigenvalue weighted by Crippen LogP contribution is -2.68. The number of carboxylic acids is 1. The van der Waals surface area contributed by atoms with Crippen molar-refractivity contribution in [2.24, 2.45) is 11.3 Å². The van der Waals surface area contributed by atoms with Crippen molar-refractivity contribution in [1.82, 2.24) is 4.31 Å². The molecule has 38 heavy (non-hydrogen) atoms. The molecule has 1 atom stereocenters. The van der Waals surface area contributed by atoms with Gasteiger partial charge in [0, 0.05) is 12.0 Å². The van der Waals surface area contributed by atoms with E-state index in [0.717, 1.165) is 53.8 Å². The summed E-state index contributed by atoms with van der Waals surface area (Å²) in [7, 11) is -4.17. The van der Waals surface area contributed by atoms with Gasteiger partial charge in [-0.25, -0.2) is 17.6 Å². The summed E-state index contributed by atoms with van der Waals surface area (Å²) >= 11 is 1.02. The first-order chi connectivity index (χ1) is 17.7. The van der Waals surface area contributed by atoms with Crippen molar-refractivity contribution in [2.45, 2.75) is 70.2 Å². The Hall–Kier alpha value is -2.74. The number of aromatic carboxylic acids is 1. The highest BCUT2D eigenvalue weighted by atomic mass is 32.2. The van der Waals surface area contributed by atoms with Crippen LogP contribution in [0.5, 0.6) is 0 Å². The Labute approximate surface area is 227 Å². The fraction of sp³-hybridized carbons (Fsp3) is 0.500. The molecule has 2 heterocycles. The minimum absolute atomic E-state index is 0.0000289. The average molecular weight is 561 g/mol. The van der Waals surface area contributed by atoms with E-state index in [-0.39, 0.29) is 33.3 Å². The van der Waals surface area contributed by atoms with E-state index in [2.05, 4.69) is 11.8 Å². The SMILES string of the molecule is CC(C)(C)C#Cc1cc(N2C(=O)CN(S(=O)(=O)c3cccc(F)c3)CC2(C)C2CCCCC2)c(C(=O)O)s1. The maximum atomic E-state index is 13.9. The smallest absolute Gasteiger partial charge is 0.348 e. The Bertz CT molecular complexity index is 1410. The molecule has 1 aromatic carbocycles. The predicted octanol–water partition coefficient (Wildman–Crippen LogP) is 5.36. The van der Waals surface area contributed by atoms with E-state index in [9.17, 15) is 27.5 Å². The number of carbonyl (C=O) groups excluding carboxylic acids is 1. The Morgan fingerprint density at radius 1 is 1.18 bits per heavy atom. The van der Waals surface area contributed by atoms with Crippen molar-refractivity contribution in [3.63, 3.8) is 0 Å². The Morgan fingerprint density at radius 2 is 1.87 bits per heavy atom. The van der Waals surface area contributed by atoms with Crippen LogP contribution in [0, 0.1) is 29.0 Å². The summed E-state index contributed by atoms with van der Waals surface area (Å²) in [5, 5.41) is 10.0. The summed E-state index contributed by atoms with van der Waals surface area (Å²) in [6, 6.07) is 6.40. The van der Waals surface area contributed by atoms with Crippen LogP contribution in [0.2, 0.25) is 0 Å². The number of rotatable bonds is 5. The molecule has 1 amide bonds. The molecule has 1 aliphatic heterocycles. The molecule has 1 saturated heterocycles. The largest absolute Gasteiger partial charge is 0.477 e. The minimum Gasteiger partial charge on any atom is -0.477 e. The lowest BCUT2D eigenvalue weighted by molar-refractivity contribution is -0.123. The van der Waals surface area contributed by atoms with E-state index in [1.165, 1.54) is 23.1 Å². The molecule has 0 radical (unpaired) electrons. The van der Waals surface area contributed by atoms with Crippen LogP contribution in [0.1, 0.15) is 74.3 Å². The van der Waals surface area contributed by atoms with Crippen LogP contribution in [0.3, 0.4) is 0 Å². The maximum Gasteiger partial charge on any atom is 0.348 e. The van der Waals surface area contributed by atoms with Gasteiger partial charge in [0.2, 0.25) is 15.9 Å². The average Bonchev–Trinajstić information content (AvgIpc) is 3.26. The summed E-state index contributed by atoms with van der Waals surface area (Å²) in [5.74, 6) is 3.75. The highest BCUT2D eigenvalue weighted by molar-refractivity contribution is 7.89. The van der Waals surface area contributed by atoms with Crippen LogP contribution < -0.4 is 4.90 Å². The molecule has 204 valence electrons. The van der Waals surface area contributed by atoms with Gasteiger partial charge >= 0.3 is 5.97 Å². The number of carboxylic acid groups (broad SMARTS) is 1. The zero-order chi connectivity index (χ0) is 27.9. The molecule has 2 aromatic rings. The fourth-order valence-corrected chi connectivity index (χ4v) is 7.75. The topological polar surface area (TPSA) is 95.0 Å². The molecule has 1 N–H and O–H groups in total. The van der Waals surface area contributed by atoms with Gasteiger partial charge in [-0.1, -0.05) is 37.2 Å². The number of benzene rings is 1. The number of hydrogen-bond donors (Lipinski definition) is 1. The van der Waals surface area contributed by atoms with Crippen LogP contribution in [0.4, 0.5) is 10.1 Å². The third-order valence-electron chi connectivity index (χ3n) is 7.20. The molecule has 2 aliphatic rings. The molecular formula is C28H33FN2O5S2. The van der Waals surface area contributed by atoms with Crippen LogP contribution in [-0.4, -0.2) is 48.3 Å². The van der Waals surface area contributed by atoms with Gasteiger partial charge in [0.05, 0.1) is 27.5 Å². The zero-order valence-corrected chi connectivity index (χ0v) is 23.7. The number of nitrogens with zero attached hydrogens (tertiary/aromatic N) is 2. The summed E-state index contributed by atoms with van der Waals surface area (Å²) in [4.78, 5) is 28.0. The van der Waals surface area contributed by atoms with Crippen LogP contribution in [0.15, 0.2) is 35.2 Å². The van der Waals surface area contributed by atoms with Crippen molar-refractivity contribution in [3.8, 4) is 11.8 Å². The standard InChI is InChI=1S/C28H33FN2O5S2/c1-27(2,3)14-13-21-16-23(25(37-21)26(33)34)31-24(32)17-30(18-28(31,4)19-9-6-5-7-10-19)38(35,36)22-12-8-11-20(29)15-22/h8,11-12,15-16,19H,5-7,9-10,17-18H2,1-4H3,(H,33,34). The summed E-state index contributed by atoms with van der Waals surface area (Å²) < 4.78 is 42.1. The van der Waals surface area contributed by atoms with E-state index < -0.39 is 39.8 Å². The highest BCUT2D eigenvalue weighted by Crippen LogP contribution is 2.45. The van der Waals surface area contributed by atoms with Gasteiger partial charge in [0.1, 0.15) is 10.7 Å². The second kappa shape index (κ2) is 10.4. The molecule has 1 saturated carbocycles. The lowest BCUT2D eigenvalue weighted by Gasteiger charge is -2.52. The third kappa shape index (κ3) is 5.65. The minimum atomic E-state index is -4.17. The molecule has 1 aromatic heterocycles. The van der Waals surface area contributed by atoms with E-state index in [4.69, 9.17) is 0 Å². The van der Waals surface area contributed by atoms with Gasteiger partial charge < -0.3 is 10.0 Å². The van der Waals surface area contributed by atoms with E-state index in [1.807, 2.05) is 27.7 Å². The molecular weight excluding hydrogens is 527 g/mol.